The van der Waals surface area contributed by atoms with Crippen molar-refractivity contribution in [2.24, 2.45) is 0 Å². The molecule has 6 rings (SSSR count). The number of aryl methyl sites for hydroxylation is 3. The summed E-state index contributed by atoms with van der Waals surface area (Å²) in [6.45, 7) is 2.02. The lowest BCUT2D eigenvalue weighted by Crippen LogP contribution is -2.22. The van der Waals surface area contributed by atoms with Crippen LogP contribution in [0.4, 0.5) is 0 Å². The number of carbonyl (C=O) groups is 1. The summed E-state index contributed by atoms with van der Waals surface area (Å²) in [4.78, 5) is 28.8. The van der Waals surface area contributed by atoms with E-state index in [0.29, 0.717) is 16.5 Å². The number of nitrogens with zero attached hydrogens (tertiary/aromatic N) is 4. The normalized spacial score (nSPS) is 13.4. The molecule has 3 heterocycles. The zero-order valence-electron chi connectivity index (χ0n) is 18.7. The molecule has 0 saturated carbocycles. The molecule has 0 saturated heterocycles. The van der Waals surface area contributed by atoms with Gasteiger partial charge in [-0.15, -0.1) is 21.5 Å². The van der Waals surface area contributed by atoms with E-state index in [1.54, 1.807) is 15.9 Å². The lowest BCUT2D eigenvalue weighted by Gasteiger charge is -2.12. The van der Waals surface area contributed by atoms with Gasteiger partial charge < -0.3 is 0 Å². The molecule has 170 valence electrons. The predicted octanol–water partition coefficient (Wildman–Crippen LogP) is 5.26. The number of ketones is 1. The summed E-state index contributed by atoms with van der Waals surface area (Å²) < 4.78 is 3.64. The molecule has 2 aromatic carbocycles. The van der Waals surface area contributed by atoms with Crippen molar-refractivity contribution in [3.8, 4) is 5.69 Å². The average molecular weight is 487 g/mol. The van der Waals surface area contributed by atoms with Gasteiger partial charge in [0.1, 0.15) is 4.83 Å². The summed E-state index contributed by atoms with van der Waals surface area (Å²) in [5, 5.41) is 10.3. The van der Waals surface area contributed by atoms with Crippen LogP contribution in [-0.4, -0.2) is 30.7 Å². The number of hydrogen-bond donors (Lipinski definition) is 0. The van der Waals surface area contributed by atoms with Crippen molar-refractivity contribution in [2.75, 3.05) is 5.75 Å². The fourth-order valence-corrected chi connectivity index (χ4v) is 6.84. The summed E-state index contributed by atoms with van der Waals surface area (Å²) in [5.41, 5.74) is 3.69. The first-order chi connectivity index (χ1) is 16.6. The summed E-state index contributed by atoms with van der Waals surface area (Å²) in [6.07, 6.45) is 4.15. The van der Waals surface area contributed by atoms with E-state index in [-0.39, 0.29) is 17.1 Å². The third kappa shape index (κ3) is 3.49. The van der Waals surface area contributed by atoms with E-state index in [2.05, 4.69) is 10.2 Å². The standard InChI is InChI=1S/C26H22N4O2S2/c1-16-11-13-18(14-12-16)29-23(32)22-19-9-5-6-10-21(19)34-24(22)30-25(29)27-28-26(30)33-15-20(31)17-7-3-2-4-8-17/h2-4,7-8,11-14H,5-6,9-10,15H2,1H3. The number of benzene rings is 2. The Bertz CT molecular complexity index is 1600. The topological polar surface area (TPSA) is 69.3 Å². The van der Waals surface area contributed by atoms with Crippen LogP contribution in [0.25, 0.3) is 21.7 Å². The van der Waals surface area contributed by atoms with E-state index < -0.39 is 0 Å². The Kier molecular flexibility index (Phi) is 5.34. The van der Waals surface area contributed by atoms with Gasteiger partial charge >= 0.3 is 0 Å². The van der Waals surface area contributed by atoms with E-state index in [4.69, 9.17) is 0 Å². The van der Waals surface area contributed by atoms with Gasteiger partial charge in [-0.3, -0.25) is 9.59 Å². The zero-order valence-corrected chi connectivity index (χ0v) is 20.3. The minimum atomic E-state index is -0.0462. The van der Waals surface area contributed by atoms with Crippen LogP contribution in [-0.2, 0) is 12.8 Å². The molecule has 3 aromatic heterocycles. The molecule has 0 unspecified atom stereocenters. The number of fused-ring (bicyclic) bond motifs is 5. The molecule has 1 aliphatic rings. The second-order valence-corrected chi connectivity index (χ2v) is 10.6. The monoisotopic (exact) mass is 486 g/mol. The maximum absolute atomic E-state index is 13.8. The number of carbonyl (C=O) groups excluding carboxylic acids is 1. The predicted molar refractivity (Wildman–Crippen MR) is 137 cm³/mol. The minimum absolute atomic E-state index is 0.0379. The smallest absolute Gasteiger partial charge is 0.268 e. The molecule has 6 nitrogen and oxygen atoms in total. The van der Waals surface area contributed by atoms with Gasteiger partial charge in [0.2, 0.25) is 5.78 Å². The molecule has 0 radical (unpaired) electrons. The molecule has 0 spiro atoms. The molecule has 0 atom stereocenters. The van der Waals surface area contributed by atoms with Gasteiger partial charge in [0.25, 0.3) is 5.56 Å². The van der Waals surface area contributed by atoms with Crippen LogP contribution in [0.3, 0.4) is 0 Å². The molecule has 5 aromatic rings. The third-order valence-electron chi connectivity index (χ3n) is 6.31. The second-order valence-electron chi connectivity index (χ2n) is 8.56. The Morgan fingerprint density at radius 2 is 1.79 bits per heavy atom. The highest BCUT2D eigenvalue weighted by molar-refractivity contribution is 7.99. The highest BCUT2D eigenvalue weighted by Gasteiger charge is 2.25. The lowest BCUT2D eigenvalue weighted by molar-refractivity contribution is 0.102. The van der Waals surface area contributed by atoms with Crippen molar-refractivity contribution in [2.45, 2.75) is 37.8 Å². The summed E-state index contributed by atoms with van der Waals surface area (Å²) in [6, 6.07) is 17.2. The van der Waals surface area contributed by atoms with Crippen LogP contribution < -0.4 is 5.56 Å². The van der Waals surface area contributed by atoms with E-state index in [0.717, 1.165) is 47.2 Å². The molecule has 1 aliphatic carbocycles. The van der Waals surface area contributed by atoms with Gasteiger partial charge in [0.15, 0.2) is 10.9 Å². The van der Waals surface area contributed by atoms with Gasteiger partial charge in [-0.05, 0) is 50.3 Å². The van der Waals surface area contributed by atoms with Gasteiger partial charge in [0.05, 0.1) is 16.8 Å². The fourth-order valence-electron chi connectivity index (χ4n) is 4.57. The number of thiophene rings is 1. The first-order valence-corrected chi connectivity index (χ1v) is 13.1. The Labute approximate surface area is 204 Å². The second kappa shape index (κ2) is 8.52. The molecule has 0 amide bonds. The average Bonchev–Trinajstić information content (AvgIpc) is 3.46. The highest BCUT2D eigenvalue weighted by Crippen LogP contribution is 2.36. The number of aromatic nitrogens is 4. The van der Waals surface area contributed by atoms with Crippen LogP contribution in [0.15, 0.2) is 64.5 Å². The molecular formula is C26H22N4O2S2. The van der Waals surface area contributed by atoms with E-state index in [1.807, 2.05) is 65.9 Å². The van der Waals surface area contributed by atoms with Gasteiger partial charge in [-0.2, -0.15) is 0 Å². The largest absolute Gasteiger partial charge is 0.293 e. The number of thioether (sulfide) groups is 1. The summed E-state index contributed by atoms with van der Waals surface area (Å²) >= 11 is 3.03. The quantitative estimate of drug-likeness (QED) is 0.250. The van der Waals surface area contributed by atoms with E-state index in [9.17, 15) is 9.59 Å². The van der Waals surface area contributed by atoms with Crippen molar-refractivity contribution in [3.05, 3.63) is 86.5 Å². The third-order valence-corrected chi connectivity index (χ3v) is 8.52. The van der Waals surface area contributed by atoms with Gasteiger partial charge in [0, 0.05) is 10.4 Å². The molecular weight excluding hydrogens is 464 g/mol. The van der Waals surface area contributed by atoms with Crippen molar-refractivity contribution in [3.63, 3.8) is 0 Å². The molecule has 0 fully saturated rings. The van der Waals surface area contributed by atoms with Crippen LogP contribution in [0.2, 0.25) is 0 Å². The van der Waals surface area contributed by atoms with Crippen molar-refractivity contribution < 1.29 is 4.79 Å². The van der Waals surface area contributed by atoms with Gasteiger partial charge in [-0.25, -0.2) is 8.97 Å². The Morgan fingerprint density at radius 3 is 2.59 bits per heavy atom. The first kappa shape index (κ1) is 21.3. The molecule has 0 N–H and O–H groups in total. The summed E-state index contributed by atoms with van der Waals surface area (Å²) in [7, 11) is 0. The van der Waals surface area contributed by atoms with E-state index in [1.165, 1.54) is 22.2 Å². The minimum Gasteiger partial charge on any atom is -0.293 e. The van der Waals surface area contributed by atoms with Crippen LogP contribution >= 0.6 is 23.1 Å². The highest BCUT2D eigenvalue weighted by atomic mass is 32.2. The van der Waals surface area contributed by atoms with Crippen molar-refractivity contribution in [1.29, 1.82) is 0 Å². The first-order valence-electron chi connectivity index (χ1n) is 11.3. The molecule has 0 bridgehead atoms. The Morgan fingerprint density at radius 1 is 1.03 bits per heavy atom. The van der Waals surface area contributed by atoms with E-state index >= 15 is 0 Å². The van der Waals surface area contributed by atoms with Crippen LogP contribution in [0.1, 0.15) is 39.2 Å². The Balaban J connectivity index is 1.54. The number of rotatable bonds is 5. The molecule has 0 aliphatic heterocycles. The van der Waals surface area contributed by atoms with Crippen LogP contribution in [0.5, 0.6) is 0 Å². The van der Waals surface area contributed by atoms with Gasteiger partial charge in [-0.1, -0.05) is 59.8 Å². The maximum atomic E-state index is 13.8. The lowest BCUT2D eigenvalue weighted by atomic mass is 9.97. The zero-order chi connectivity index (χ0) is 23.2. The fraction of sp³-hybridized carbons (Fsp3) is 0.231. The van der Waals surface area contributed by atoms with Crippen molar-refractivity contribution in [1.82, 2.24) is 19.2 Å². The van der Waals surface area contributed by atoms with Crippen molar-refractivity contribution >= 4 is 44.9 Å². The summed E-state index contributed by atoms with van der Waals surface area (Å²) in [5.74, 6) is 0.770. The Hall–Kier alpha value is -3.23. The SMILES string of the molecule is Cc1ccc(-n2c(=O)c3c4c(sc3n3c(SCC(=O)c5ccccc5)nnc23)CCCC4)cc1. The number of Topliss-reactive ketones (excluding diaryl/α,β-unsaturated/α-hetero) is 1. The molecule has 8 heteroatoms. The van der Waals surface area contributed by atoms with Crippen LogP contribution in [0, 0.1) is 6.92 Å². The maximum Gasteiger partial charge on any atom is 0.268 e. The number of hydrogen-bond acceptors (Lipinski definition) is 6. The molecule has 34 heavy (non-hydrogen) atoms.